The molecule has 1 amide bonds. The van der Waals surface area contributed by atoms with Crippen molar-refractivity contribution >= 4 is 5.91 Å². The van der Waals surface area contributed by atoms with Gasteiger partial charge in [0.1, 0.15) is 11.5 Å². The number of nitrogens with zero attached hydrogens (tertiary/aromatic N) is 4. The van der Waals surface area contributed by atoms with Gasteiger partial charge in [-0.3, -0.25) is 9.89 Å². The van der Waals surface area contributed by atoms with Crippen LogP contribution in [0.2, 0.25) is 0 Å². The van der Waals surface area contributed by atoms with Crippen LogP contribution in [0.1, 0.15) is 35.2 Å². The van der Waals surface area contributed by atoms with Crippen LogP contribution in [0, 0.1) is 6.92 Å². The second kappa shape index (κ2) is 4.87. The standard InChI is InChI=1S/C13H17N5O/c1-10-14-6-8-18(10)11-3-2-7-17(9-11)13(19)12-4-5-15-16-12/h4-6,8,11H,2-3,7,9H2,1H3,(H,15,16). The van der Waals surface area contributed by atoms with Crippen LogP contribution < -0.4 is 0 Å². The zero-order valence-electron chi connectivity index (χ0n) is 10.9. The molecule has 1 unspecified atom stereocenters. The number of carbonyl (C=O) groups excluding carboxylic acids is 1. The largest absolute Gasteiger partial charge is 0.335 e. The summed E-state index contributed by atoms with van der Waals surface area (Å²) in [6.45, 7) is 3.53. The summed E-state index contributed by atoms with van der Waals surface area (Å²) < 4.78 is 2.16. The highest BCUT2D eigenvalue weighted by atomic mass is 16.2. The molecule has 0 radical (unpaired) electrons. The Kier molecular flexibility index (Phi) is 3.06. The Bertz CT molecular complexity index is 559. The van der Waals surface area contributed by atoms with Gasteiger partial charge in [-0.05, 0) is 25.8 Å². The Morgan fingerprint density at radius 2 is 2.37 bits per heavy atom. The second-order valence-corrected chi connectivity index (χ2v) is 4.90. The fraction of sp³-hybridized carbons (Fsp3) is 0.462. The Balaban J connectivity index is 1.75. The van der Waals surface area contributed by atoms with Crippen molar-refractivity contribution in [1.29, 1.82) is 0 Å². The zero-order valence-corrected chi connectivity index (χ0v) is 10.9. The van der Waals surface area contributed by atoms with Crippen LogP contribution in [0.15, 0.2) is 24.7 Å². The van der Waals surface area contributed by atoms with Crippen LogP contribution in [0.5, 0.6) is 0 Å². The van der Waals surface area contributed by atoms with Crippen molar-refractivity contribution in [2.24, 2.45) is 0 Å². The SMILES string of the molecule is Cc1nccn1C1CCCN(C(=O)c2ccn[nH]2)C1. The molecule has 3 rings (SSSR count). The van der Waals surface area contributed by atoms with Gasteiger partial charge in [0.05, 0.1) is 6.04 Å². The Labute approximate surface area is 111 Å². The van der Waals surface area contributed by atoms with Gasteiger partial charge in [0.2, 0.25) is 0 Å². The molecule has 2 aromatic rings. The van der Waals surface area contributed by atoms with Crippen molar-refractivity contribution in [3.63, 3.8) is 0 Å². The van der Waals surface area contributed by atoms with Crippen molar-refractivity contribution in [2.45, 2.75) is 25.8 Å². The number of amides is 1. The lowest BCUT2D eigenvalue weighted by Gasteiger charge is -2.33. The maximum absolute atomic E-state index is 12.3. The van der Waals surface area contributed by atoms with E-state index in [1.165, 1.54) is 0 Å². The van der Waals surface area contributed by atoms with E-state index in [1.807, 2.05) is 24.2 Å². The first-order valence-electron chi connectivity index (χ1n) is 6.54. The molecule has 1 N–H and O–H groups in total. The molecule has 0 bridgehead atoms. The smallest absolute Gasteiger partial charge is 0.271 e. The molecule has 0 aromatic carbocycles. The maximum Gasteiger partial charge on any atom is 0.271 e. The van der Waals surface area contributed by atoms with E-state index in [4.69, 9.17) is 0 Å². The van der Waals surface area contributed by atoms with Crippen LogP contribution in [0.4, 0.5) is 0 Å². The number of imidazole rings is 1. The van der Waals surface area contributed by atoms with Crippen molar-refractivity contribution in [2.75, 3.05) is 13.1 Å². The van der Waals surface area contributed by atoms with Crippen LogP contribution >= 0.6 is 0 Å². The van der Waals surface area contributed by atoms with Gasteiger partial charge in [-0.2, -0.15) is 5.10 Å². The van der Waals surface area contributed by atoms with Crippen LogP contribution in [-0.4, -0.2) is 43.6 Å². The number of H-pyrrole nitrogens is 1. The number of aromatic nitrogens is 4. The average molecular weight is 259 g/mol. The van der Waals surface area contributed by atoms with E-state index in [-0.39, 0.29) is 5.91 Å². The minimum atomic E-state index is 0.0277. The quantitative estimate of drug-likeness (QED) is 0.886. The Morgan fingerprint density at radius 3 is 3.05 bits per heavy atom. The monoisotopic (exact) mass is 259 g/mol. The van der Waals surface area contributed by atoms with Gasteiger partial charge < -0.3 is 9.47 Å². The summed E-state index contributed by atoms with van der Waals surface area (Å²) in [4.78, 5) is 18.4. The van der Waals surface area contributed by atoms with Gasteiger partial charge in [0.15, 0.2) is 0 Å². The van der Waals surface area contributed by atoms with Crippen molar-refractivity contribution in [3.8, 4) is 0 Å². The fourth-order valence-electron chi connectivity index (χ4n) is 2.69. The molecule has 2 aromatic heterocycles. The fourth-order valence-corrected chi connectivity index (χ4v) is 2.69. The lowest BCUT2D eigenvalue weighted by atomic mass is 10.0. The number of piperidine rings is 1. The summed E-state index contributed by atoms with van der Waals surface area (Å²) in [6.07, 6.45) is 7.51. The Morgan fingerprint density at radius 1 is 1.47 bits per heavy atom. The van der Waals surface area contributed by atoms with Crippen molar-refractivity contribution in [1.82, 2.24) is 24.6 Å². The first-order valence-corrected chi connectivity index (χ1v) is 6.54. The number of aryl methyl sites for hydroxylation is 1. The summed E-state index contributed by atoms with van der Waals surface area (Å²) in [5.74, 6) is 1.03. The summed E-state index contributed by atoms with van der Waals surface area (Å²) in [5.41, 5.74) is 0.558. The third kappa shape index (κ3) is 2.25. The van der Waals surface area contributed by atoms with E-state index in [0.717, 1.165) is 31.8 Å². The molecule has 1 fully saturated rings. The first-order chi connectivity index (χ1) is 9.25. The lowest BCUT2D eigenvalue weighted by Crippen LogP contribution is -2.41. The average Bonchev–Trinajstić information content (AvgIpc) is 3.09. The Hall–Kier alpha value is -2.11. The maximum atomic E-state index is 12.3. The number of hydrogen-bond donors (Lipinski definition) is 1. The molecule has 19 heavy (non-hydrogen) atoms. The molecule has 0 saturated carbocycles. The molecule has 0 spiro atoms. The molecule has 6 nitrogen and oxygen atoms in total. The van der Waals surface area contributed by atoms with E-state index in [1.54, 1.807) is 12.3 Å². The van der Waals surface area contributed by atoms with Gasteiger partial charge in [0, 0.05) is 31.7 Å². The summed E-state index contributed by atoms with van der Waals surface area (Å²) >= 11 is 0. The van der Waals surface area contributed by atoms with Crippen molar-refractivity contribution in [3.05, 3.63) is 36.2 Å². The van der Waals surface area contributed by atoms with E-state index in [0.29, 0.717) is 11.7 Å². The van der Waals surface area contributed by atoms with E-state index >= 15 is 0 Å². The van der Waals surface area contributed by atoms with Crippen LogP contribution in [0.25, 0.3) is 0 Å². The van der Waals surface area contributed by atoms with E-state index < -0.39 is 0 Å². The minimum absolute atomic E-state index is 0.0277. The van der Waals surface area contributed by atoms with Gasteiger partial charge in [0.25, 0.3) is 5.91 Å². The highest BCUT2D eigenvalue weighted by Crippen LogP contribution is 2.23. The lowest BCUT2D eigenvalue weighted by molar-refractivity contribution is 0.0672. The van der Waals surface area contributed by atoms with Crippen LogP contribution in [-0.2, 0) is 0 Å². The number of nitrogens with one attached hydrogen (secondary N) is 1. The highest BCUT2D eigenvalue weighted by molar-refractivity contribution is 5.92. The second-order valence-electron chi connectivity index (χ2n) is 4.90. The number of rotatable bonds is 2. The van der Waals surface area contributed by atoms with Gasteiger partial charge >= 0.3 is 0 Å². The summed E-state index contributed by atoms with van der Waals surface area (Å²) in [7, 11) is 0. The molecule has 1 saturated heterocycles. The van der Waals surface area contributed by atoms with E-state index in [2.05, 4.69) is 19.7 Å². The van der Waals surface area contributed by atoms with Crippen LogP contribution in [0.3, 0.4) is 0 Å². The molecule has 6 heteroatoms. The molecular weight excluding hydrogens is 242 g/mol. The predicted molar refractivity (Wildman–Crippen MR) is 69.7 cm³/mol. The summed E-state index contributed by atoms with van der Waals surface area (Å²) in [6, 6.07) is 2.04. The van der Waals surface area contributed by atoms with Gasteiger partial charge in [-0.15, -0.1) is 0 Å². The third-order valence-electron chi connectivity index (χ3n) is 3.67. The molecule has 1 aliphatic heterocycles. The molecule has 100 valence electrons. The molecule has 1 aliphatic rings. The third-order valence-corrected chi connectivity index (χ3v) is 3.67. The topological polar surface area (TPSA) is 66.8 Å². The zero-order chi connectivity index (χ0) is 13.2. The molecule has 0 aliphatic carbocycles. The number of carbonyl (C=O) groups is 1. The molecule has 3 heterocycles. The molecule has 1 atom stereocenters. The van der Waals surface area contributed by atoms with E-state index in [9.17, 15) is 4.79 Å². The normalized spacial score (nSPS) is 19.6. The van der Waals surface area contributed by atoms with Gasteiger partial charge in [-0.1, -0.05) is 0 Å². The minimum Gasteiger partial charge on any atom is -0.335 e. The predicted octanol–water partition coefficient (Wildman–Crippen LogP) is 1.39. The summed E-state index contributed by atoms with van der Waals surface area (Å²) in [5, 5.41) is 6.57. The van der Waals surface area contributed by atoms with Crippen molar-refractivity contribution < 1.29 is 4.79 Å². The first kappa shape index (κ1) is 12.0. The highest BCUT2D eigenvalue weighted by Gasteiger charge is 2.26. The molecular formula is C13H17N5O. The number of aromatic amines is 1. The number of likely N-dealkylation sites (tertiary alicyclic amines) is 1. The van der Waals surface area contributed by atoms with Gasteiger partial charge in [-0.25, -0.2) is 4.98 Å². The number of hydrogen-bond acceptors (Lipinski definition) is 3.